The number of nitrogens with zero attached hydrogens (tertiary/aromatic N) is 5. The van der Waals surface area contributed by atoms with E-state index in [4.69, 9.17) is 4.74 Å². The van der Waals surface area contributed by atoms with Crippen LogP contribution in [0.15, 0.2) is 53.5 Å². The van der Waals surface area contributed by atoms with E-state index in [1.807, 2.05) is 5.10 Å². The molecule has 9 nitrogen and oxygen atoms in total. The van der Waals surface area contributed by atoms with Gasteiger partial charge in [0.05, 0.1) is 24.2 Å². The molecule has 40 heavy (non-hydrogen) atoms. The van der Waals surface area contributed by atoms with Crippen molar-refractivity contribution in [1.29, 1.82) is 0 Å². The summed E-state index contributed by atoms with van der Waals surface area (Å²) in [7, 11) is 0. The van der Waals surface area contributed by atoms with E-state index in [0.29, 0.717) is 49.5 Å². The summed E-state index contributed by atoms with van der Waals surface area (Å²) in [6.45, 7) is 1.29. The van der Waals surface area contributed by atoms with Gasteiger partial charge in [0, 0.05) is 38.4 Å². The Morgan fingerprint density at radius 2 is 1.70 bits per heavy atom. The Morgan fingerprint density at radius 1 is 0.975 bits per heavy atom. The van der Waals surface area contributed by atoms with Crippen LogP contribution in [0.4, 0.5) is 43.7 Å². The van der Waals surface area contributed by atoms with E-state index >= 15 is 0 Å². The molecule has 1 fully saturated rings. The minimum Gasteiger partial charge on any atom is -0.486 e. The van der Waals surface area contributed by atoms with Gasteiger partial charge in [0.2, 0.25) is 5.91 Å². The number of benzene rings is 1. The Kier molecular flexibility index (Phi) is 7.06. The normalized spacial score (nSPS) is 17.9. The van der Waals surface area contributed by atoms with Crippen molar-refractivity contribution in [1.82, 2.24) is 20.1 Å². The van der Waals surface area contributed by atoms with Crippen LogP contribution in [0.1, 0.15) is 17.5 Å². The molecule has 4 heterocycles. The summed E-state index contributed by atoms with van der Waals surface area (Å²) < 4.78 is 84.4. The molecule has 0 radical (unpaired) electrons. The van der Waals surface area contributed by atoms with E-state index in [9.17, 15) is 35.9 Å². The van der Waals surface area contributed by atoms with Crippen LogP contribution < -0.4 is 20.1 Å². The Balaban J connectivity index is 1.26. The van der Waals surface area contributed by atoms with Crippen LogP contribution in [0.5, 0.6) is 5.75 Å². The van der Waals surface area contributed by atoms with Gasteiger partial charge in [0.1, 0.15) is 23.2 Å². The summed E-state index contributed by atoms with van der Waals surface area (Å²) in [5.74, 6) is 0.299. The maximum Gasteiger partial charge on any atom is 0.421 e. The first kappa shape index (κ1) is 27.3. The van der Waals surface area contributed by atoms with Gasteiger partial charge in [-0.25, -0.2) is 10.1 Å². The fourth-order valence-electron chi connectivity index (χ4n) is 4.62. The van der Waals surface area contributed by atoms with Crippen molar-refractivity contribution >= 4 is 23.2 Å². The van der Waals surface area contributed by atoms with E-state index in [-0.39, 0.29) is 24.7 Å². The zero-order valence-electron chi connectivity index (χ0n) is 20.7. The third-order valence-electron chi connectivity index (χ3n) is 6.64. The number of hydrogen-bond donors (Lipinski definition) is 1. The molecular formula is C25H22F6N6O3. The number of pyridine rings is 1. The van der Waals surface area contributed by atoms with Crippen LogP contribution in [0.25, 0.3) is 0 Å². The van der Waals surface area contributed by atoms with Crippen LogP contribution in [-0.4, -0.2) is 64.8 Å². The number of rotatable bonds is 4. The molecule has 0 aliphatic carbocycles. The molecule has 3 aromatic rings. The monoisotopic (exact) mass is 568 g/mol. The second kappa shape index (κ2) is 10.4. The first-order valence-corrected chi connectivity index (χ1v) is 12.2. The number of alkyl halides is 6. The Morgan fingerprint density at radius 3 is 2.35 bits per heavy atom. The number of nitrogens with one attached hydrogen (secondary N) is 1. The maximum absolute atomic E-state index is 13.4. The topological polar surface area (TPSA) is 94.7 Å². The largest absolute Gasteiger partial charge is 0.486 e. The highest BCUT2D eigenvalue weighted by atomic mass is 19.4. The van der Waals surface area contributed by atoms with Gasteiger partial charge in [0.15, 0.2) is 5.82 Å². The quantitative estimate of drug-likeness (QED) is 0.478. The third kappa shape index (κ3) is 5.67. The second-order valence-corrected chi connectivity index (χ2v) is 9.26. The van der Waals surface area contributed by atoms with Crippen molar-refractivity contribution in [2.75, 3.05) is 42.5 Å². The number of para-hydroxylation sites is 2. The summed E-state index contributed by atoms with van der Waals surface area (Å²) in [6, 6.07) is 9.50. The number of piperazine rings is 1. The summed E-state index contributed by atoms with van der Waals surface area (Å²) in [5.41, 5.74) is -3.18. The number of aromatic nitrogens is 3. The predicted octanol–water partition coefficient (Wildman–Crippen LogP) is 3.84. The van der Waals surface area contributed by atoms with E-state index < -0.39 is 35.1 Å². The molecule has 1 amide bonds. The highest BCUT2D eigenvalue weighted by Gasteiger charge is 2.37. The second-order valence-electron chi connectivity index (χ2n) is 9.26. The highest BCUT2D eigenvalue weighted by Crippen LogP contribution is 2.39. The van der Waals surface area contributed by atoms with Crippen molar-refractivity contribution in [2.24, 2.45) is 0 Å². The molecule has 2 aromatic heterocycles. The molecule has 212 valence electrons. The number of halogens is 6. The van der Waals surface area contributed by atoms with Crippen LogP contribution >= 0.6 is 0 Å². The molecule has 0 spiro atoms. The van der Waals surface area contributed by atoms with E-state index in [2.05, 4.69) is 10.1 Å². The van der Waals surface area contributed by atoms with Gasteiger partial charge in [0.25, 0.3) is 5.56 Å². The minimum absolute atomic E-state index is 0.00542. The number of anilines is 3. The SMILES string of the molecule is O=C(C[C@H]1CN(c2cc(C(F)(F)F)c(=O)[nH]n2)c2ccccc2O1)N1CCN(c2ccc(C(F)(F)F)cn2)CC1. The molecule has 2 aliphatic heterocycles. The third-order valence-corrected chi connectivity index (χ3v) is 6.64. The summed E-state index contributed by atoms with van der Waals surface area (Å²) in [6.07, 6.45) is -9.42. The minimum atomic E-state index is -4.88. The molecule has 0 saturated carbocycles. The van der Waals surface area contributed by atoms with Gasteiger partial charge in [-0.05, 0) is 24.3 Å². The number of carbonyl (C=O) groups is 1. The number of aromatic amines is 1. The van der Waals surface area contributed by atoms with Crippen molar-refractivity contribution in [3.8, 4) is 5.75 Å². The molecule has 2 aliphatic rings. The number of hydrogen-bond acceptors (Lipinski definition) is 7. The molecule has 0 bridgehead atoms. The highest BCUT2D eigenvalue weighted by molar-refractivity contribution is 5.78. The number of ether oxygens (including phenoxy) is 1. The molecule has 15 heteroatoms. The first-order chi connectivity index (χ1) is 18.9. The molecule has 5 rings (SSSR count). The van der Waals surface area contributed by atoms with Gasteiger partial charge in [-0.15, -0.1) is 0 Å². The summed E-state index contributed by atoms with van der Waals surface area (Å²) in [4.78, 5) is 33.5. The van der Waals surface area contributed by atoms with Crippen LogP contribution in [0.2, 0.25) is 0 Å². The van der Waals surface area contributed by atoms with Crippen molar-refractivity contribution in [3.63, 3.8) is 0 Å². The lowest BCUT2D eigenvalue weighted by molar-refractivity contribution is -0.139. The zero-order valence-corrected chi connectivity index (χ0v) is 20.7. The summed E-state index contributed by atoms with van der Waals surface area (Å²) >= 11 is 0. The molecule has 1 atom stereocenters. The van der Waals surface area contributed by atoms with Gasteiger partial charge < -0.3 is 19.4 Å². The van der Waals surface area contributed by atoms with Crippen molar-refractivity contribution < 1.29 is 35.9 Å². The zero-order chi connectivity index (χ0) is 28.7. The first-order valence-electron chi connectivity index (χ1n) is 12.2. The lowest BCUT2D eigenvalue weighted by Crippen LogP contribution is -2.50. The standard InChI is InChI=1S/C25H22F6N6O3/c26-24(27,28)15-5-6-20(32-13-15)35-7-9-36(10-8-35)22(38)11-16-14-37(18-3-1-2-4-19(18)40-16)21-12-17(25(29,30)31)23(39)34-33-21/h1-6,12-13,16H,7-11,14H2,(H,34,39)/t16-/m0/s1. The smallest absolute Gasteiger partial charge is 0.421 e. The van der Waals surface area contributed by atoms with E-state index in [1.54, 1.807) is 34.1 Å². The van der Waals surface area contributed by atoms with E-state index in [0.717, 1.165) is 12.3 Å². The molecule has 1 aromatic carbocycles. The van der Waals surface area contributed by atoms with Gasteiger partial charge in [-0.2, -0.15) is 31.4 Å². The van der Waals surface area contributed by atoms with Crippen molar-refractivity contribution in [3.05, 3.63) is 70.1 Å². The fraction of sp³-hybridized carbons (Fsp3) is 0.360. The molecule has 0 unspecified atom stereocenters. The average Bonchev–Trinajstić information content (AvgIpc) is 2.92. The van der Waals surface area contributed by atoms with Crippen LogP contribution in [0, 0.1) is 0 Å². The average molecular weight is 568 g/mol. The Labute approximate surface area is 223 Å². The van der Waals surface area contributed by atoms with Gasteiger partial charge in [-0.3, -0.25) is 9.59 Å². The van der Waals surface area contributed by atoms with Crippen molar-refractivity contribution in [2.45, 2.75) is 24.9 Å². The fourth-order valence-corrected chi connectivity index (χ4v) is 4.62. The molecule has 1 saturated heterocycles. The van der Waals surface area contributed by atoms with Gasteiger partial charge >= 0.3 is 12.4 Å². The number of H-pyrrole nitrogens is 1. The molecule has 1 N–H and O–H groups in total. The number of amides is 1. The Hall–Kier alpha value is -4.30. The van der Waals surface area contributed by atoms with E-state index in [1.165, 1.54) is 11.0 Å². The summed E-state index contributed by atoms with van der Waals surface area (Å²) in [5, 5.41) is 5.69. The maximum atomic E-state index is 13.4. The van der Waals surface area contributed by atoms with Crippen LogP contribution in [0.3, 0.4) is 0 Å². The molecular weight excluding hydrogens is 546 g/mol. The van der Waals surface area contributed by atoms with Crippen LogP contribution in [-0.2, 0) is 17.1 Å². The lowest BCUT2D eigenvalue weighted by atomic mass is 10.1. The predicted molar refractivity (Wildman–Crippen MR) is 130 cm³/mol. The number of carbonyl (C=O) groups excluding carboxylic acids is 1. The lowest BCUT2D eigenvalue weighted by Gasteiger charge is -2.38. The van der Waals surface area contributed by atoms with Gasteiger partial charge in [-0.1, -0.05) is 12.1 Å². The number of fused-ring (bicyclic) bond motifs is 1. The Bertz CT molecular complexity index is 1430.